The lowest BCUT2D eigenvalue weighted by molar-refractivity contribution is 0.150. The first-order chi connectivity index (χ1) is 6.65. The summed E-state index contributed by atoms with van der Waals surface area (Å²) in [5, 5.41) is 0. The van der Waals surface area contributed by atoms with Gasteiger partial charge in [0.1, 0.15) is 0 Å². The number of alkyl halides is 3. The Morgan fingerprint density at radius 2 is 2.07 bits per heavy atom. The van der Waals surface area contributed by atoms with Crippen LogP contribution in [-0.2, 0) is 6.42 Å². The van der Waals surface area contributed by atoms with Crippen LogP contribution in [0.3, 0.4) is 0 Å². The van der Waals surface area contributed by atoms with E-state index in [4.69, 9.17) is 11.6 Å². The first-order valence-electron chi connectivity index (χ1n) is 4.27. The molecule has 0 aliphatic rings. The minimum absolute atomic E-state index is 0.0413. The molecule has 0 bridgehead atoms. The van der Waals surface area contributed by atoms with Gasteiger partial charge in [0, 0.05) is 15.9 Å². The molecule has 1 aromatic carbocycles. The van der Waals surface area contributed by atoms with Crippen LogP contribution in [0.5, 0.6) is 0 Å². The maximum absolute atomic E-state index is 12.4. The molecule has 14 heavy (non-hydrogen) atoms. The molecule has 0 atom stereocenters. The second-order valence-corrected chi connectivity index (χ2v) is 4.18. The summed E-state index contributed by atoms with van der Waals surface area (Å²) in [5.41, 5.74) is 1.07. The normalized spacial score (nSPS) is 10.9. The standard InChI is InChI=1S/C10H10BrClF2/c11-9-6-7(2-1-5-12)3-4-8(9)10(13)14/h3-4,6,10H,1-2,5H2. The Kier molecular flexibility index (Phi) is 4.82. The molecule has 0 saturated carbocycles. The van der Waals surface area contributed by atoms with Gasteiger partial charge in [0.2, 0.25) is 0 Å². The highest BCUT2D eigenvalue weighted by Gasteiger charge is 2.11. The molecule has 0 aliphatic carbocycles. The molecule has 1 rings (SSSR count). The Morgan fingerprint density at radius 1 is 1.36 bits per heavy atom. The Bertz CT molecular complexity index is 302. The van der Waals surface area contributed by atoms with Crippen molar-refractivity contribution in [1.82, 2.24) is 0 Å². The number of hydrogen-bond acceptors (Lipinski definition) is 0. The van der Waals surface area contributed by atoms with Gasteiger partial charge in [0.05, 0.1) is 0 Å². The molecule has 1 aromatic rings. The van der Waals surface area contributed by atoms with Crippen molar-refractivity contribution in [1.29, 1.82) is 0 Å². The predicted molar refractivity (Wildman–Crippen MR) is 58.1 cm³/mol. The Labute approximate surface area is 95.4 Å². The second kappa shape index (κ2) is 5.66. The van der Waals surface area contributed by atoms with E-state index in [-0.39, 0.29) is 5.56 Å². The number of benzene rings is 1. The fraction of sp³-hybridized carbons (Fsp3) is 0.400. The third-order valence-electron chi connectivity index (χ3n) is 1.90. The van der Waals surface area contributed by atoms with Crippen LogP contribution < -0.4 is 0 Å². The van der Waals surface area contributed by atoms with Crippen LogP contribution in [0.2, 0.25) is 0 Å². The second-order valence-electron chi connectivity index (χ2n) is 2.95. The van der Waals surface area contributed by atoms with Crippen molar-refractivity contribution in [3.63, 3.8) is 0 Å². The lowest BCUT2D eigenvalue weighted by atomic mass is 10.1. The Hall–Kier alpha value is -0.150. The van der Waals surface area contributed by atoms with Crippen molar-refractivity contribution < 1.29 is 8.78 Å². The maximum atomic E-state index is 12.4. The lowest BCUT2D eigenvalue weighted by Gasteiger charge is -2.05. The van der Waals surface area contributed by atoms with Crippen molar-refractivity contribution in [3.05, 3.63) is 33.8 Å². The van der Waals surface area contributed by atoms with E-state index in [9.17, 15) is 8.78 Å². The van der Waals surface area contributed by atoms with Gasteiger partial charge in [-0.2, -0.15) is 0 Å². The first-order valence-corrected chi connectivity index (χ1v) is 5.60. The third kappa shape index (κ3) is 3.21. The quantitative estimate of drug-likeness (QED) is 0.711. The van der Waals surface area contributed by atoms with Gasteiger partial charge >= 0.3 is 0 Å². The van der Waals surface area contributed by atoms with Gasteiger partial charge in [-0.1, -0.05) is 28.1 Å². The lowest BCUT2D eigenvalue weighted by Crippen LogP contribution is -1.91. The minimum Gasteiger partial charge on any atom is -0.205 e. The van der Waals surface area contributed by atoms with Gasteiger partial charge in [-0.25, -0.2) is 8.78 Å². The number of halogens is 4. The molecule has 78 valence electrons. The highest BCUT2D eigenvalue weighted by Crippen LogP contribution is 2.28. The topological polar surface area (TPSA) is 0 Å². The minimum atomic E-state index is -2.42. The van der Waals surface area contributed by atoms with Gasteiger partial charge in [-0.3, -0.25) is 0 Å². The highest BCUT2D eigenvalue weighted by atomic mass is 79.9. The van der Waals surface area contributed by atoms with E-state index in [0.29, 0.717) is 10.4 Å². The van der Waals surface area contributed by atoms with Crippen LogP contribution in [0.1, 0.15) is 24.0 Å². The average molecular weight is 284 g/mol. The summed E-state index contributed by atoms with van der Waals surface area (Å²) in [6.45, 7) is 0. The molecule has 4 heteroatoms. The zero-order valence-corrected chi connectivity index (χ0v) is 9.78. The highest BCUT2D eigenvalue weighted by molar-refractivity contribution is 9.10. The van der Waals surface area contributed by atoms with Crippen molar-refractivity contribution in [3.8, 4) is 0 Å². The van der Waals surface area contributed by atoms with E-state index in [1.807, 2.05) is 0 Å². The van der Waals surface area contributed by atoms with E-state index in [1.54, 1.807) is 12.1 Å². The first kappa shape index (κ1) is 11.9. The van der Waals surface area contributed by atoms with E-state index < -0.39 is 6.43 Å². The van der Waals surface area contributed by atoms with Gasteiger partial charge in [0.25, 0.3) is 6.43 Å². The molecule has 0 unspecified atom stereocenters. The van der Waals surface area contributed by atoms with Gasteiger partial charge in [0.15, 0.2) is 0 Å². The van der Waals surface area contributed by atoms with Crippen LogP contribution in [0.4, 0.5) is 8.78 Å². The number of hydrogen-bond donors (Lipinski definition) is 0. The van der Waals surface area contributed by atoms with Crippen LogP contribution in [0.25, 0.3) is 0 Å². The molecule has 0 aromatic heterocycles. The van der Waals surface area contributed by atoms with E-state index in [0.717, 1.165) is 18.4 Å². The fourth-order valence-electron chi connectivity index (χ4n) is 1.17. The summed E-state index contributed by atoms with van der Waals surface area (Å²) < 4.78 is 25.2. The SMILES string of the molecule is FC(F)c1ccc(CCCCl)cc1Br. The molecular weight excluding hydrogens is 273 g/mol. The van der Waals surface area contributed by atoms with Crippen LogP contribution >= 0.6 is 27.5 Å². The third-order valence-corrected chi connectivity index (χ3v) is 2.85. The molecule has 0 nitrogen and oxygen atoms in total. The van der Waals surface area contributed by atoms with Crippen LogP contribution in [0.15, 0.2) is 22.7 Å². The zero-order valence-electron chi connectivity index (χ0n) is 7.44. The van der Waals surface area contributed by atoms with Crippen molar-refractivity contribution >= 4 is 27.5 Å². The molecule has 0 radical (unpaired) electrons. The van der Waals surface area contributed by atoms with E-state index >= 15 is 0 Å². The van der Waals surface area contributed by atoms with Crippen molar-refractivity contribution in [2.24, 2.45) is 0 Å². The largest absolute Gasteiger partial charge is 0.264 e. The molecule has 0 N–H and O–H groups in total. The van der Waals surface area contributed by atoms with Gasteiger partial charge < -0.3 is 0 Å². The molecule has 0 saturated heterocycles. The van der Waals surface area contributed by atoms with Gasteiger partial charge in [-0.05, 0) is 24.5 Å². The summed E-state index contributed by atoms with van der Waals surface area (Å²) in [4.78, 5) is 0. The Balaban J connectivity index is 2.78. The summed E-state index contributed by atoms with van der Waals surface area (Å²) in [6.07, 6.45) is -0.736. The molecule has 0 fully saturated rings. The molecule has 0 spiro atoms. The maximum Gasteiger partial charge on any atom is 0.264 e. The smallest absolute Gasteiger partial charge is 0.205 e. The summed E-state index contributed by atoms with van der Waals surface area (Å²) >= 11 is 8.67. The average Bonchev–Trinajstić information content (AvgIpc) is 2.14. The number of aryl methyl sites for hydroxylation is 1. The fourth-order valence-corrected chi connectivity index (χ4v) is 1.91. The molecule has 0 aliphatic heterocycles. The summed E-state index contributed by atoms with van der Waals surface area (Å²) in [5.74, 6) is 0.591. The number of rotatable bonds is 4. The predicted octanol–water partition coefficient (Wildman–Crippen LogP) is 4.56. The summed E-state index contributed by atoms with van der Waals surface area (Å²) in [6, 6.07) is 4.91. The molecular formula is C10H10BrClF2. The monoisotopic (exact) mass is 282 g/mol. The summed E-state index contributed by atoms with van der Waals surface area (Å²) in [7, 11) is 0. The van der Waals surface area contributed by atoms with E-state index in [2.05, 4.69) is 15.9 Å². The zero-order chi connectivity index (χ0) is 10.6. The van der Waals surface area contributed by atoms with Gasteiger partial charge in [-0.15, -0.1) is 11.6 Å². The Morgan fingerprint density at radius 3 is 2.57 bits per heavy atom. The molecule has 0 amide bonds. The molecule has 0 heterocycles. The van der Waals surface area contributed by atoms with E-state index in [1.165, 1.54) is 6.07 Å². The van der Waals surface area contributed by atoms with Crippen molar-refractivity contribution in [2.45, 2.75) is 19.3 Å². The van der Waals surface area contributed by atoms with Crippen molar-refractivity contribution in [2.75, 3.05) is 5.88 Å². The van der Waals surface area contributed by atoms with Crippen LogP contribution in [0, 0.1) is 0 Å². The van der Waals surface area contributed by atoms with Crippen LogP contribution in [-0.4, -0.2) is 5.88 Å².